The topological polar surface area (TPSA) is 17.8 Å². The average Bonchev–Trinajstić information content (AvgIpc) is 2.35. The zero-order valence-electron chi connectivity index (χ0n) is 9.13. The molecule has 0 saturated heterocycles. The molecule has 0 atom stereocenters. The van der Waals surface area contributed by atoms with E-state index in [-0.39, 0.29) is 0 Å². The summed E-state index contributed by atoms with van der Waals surface area (Å²) in [6, 6.07) is 0. The fourth-order valence-corrected chi connectivity index (χ4v) is 1.68. The lowest BCUT2D eigenvalue weighted by Crippen LogP contribution is -2.03. The van der Waals surface area contributed by atoms with Crippen LogP contribution in [0, 0.1) is 5.92 Å². The van der Waals surface area contributed by atoms with Crippen LogP contribution >= 0.6 is 0 Å². The van der Waals surface area contributed by atoms with Gasteiger partial charge in [0.2, 0.25) is 0 Å². The molecule has 0 radical (unpaired) electrons. The number of hydrogen-bond acceptors (Lipinski definition) is 1. The van der Waals surface area contributed by atoms with Crippen LogP contribution in [0.1, 0.15) is 33.5 Å². The Labute approximate surface area is 80.3 Å². The molecule has 0 spiro atoms. The van der Waals surface area contributed by atoms with Gasteiger partial charge in [-0.3, -0.25) is 0 Å². The van der Waals surface area contributed by atoms with Crippen molar-refractivity contribution < 1.29 is 0 Å². The Balaban J connectivity index is 3.19. The van der Waals surface area contributed by atoms with E-state index < -0.39 is 0 Å². The van der Waals surface area contributed by atoms with E-state index in [9.17, 15) is 0 Å². The first-order chi connectivity index (χ1) is 6.04. The highest BCUT2D eigenvalue weighted by molar-refractivity contribution is 5.64. The first kappa shape index (κ1) is 10.0. The summed E-state index contributed by atoms with van der Waals surface area (Å²) < 4.78 is 2.07. The molecular weight excluding hydrogens is 160 g/mol. The van der Waals surface area contributed by atoms with E-state index in [2.05, 4.69) is 37.2 Å². The Morgan fingerprint density at radius 2 is 2.00 bits per heavy atom. The highest BCUT2D eigenvalue weighted by Gasteiger charge is 2.11. The lowest BCUT2D eigenvalue weighted by atomic mass is 9.98. The second kappa shape index (κ2) is 3.77. The monoisotopic (exact) mass is 178 g/mol. The van der Waals surface area contributed by atoms with Crippen LogP contribution in [0.5, 0.6) is 0 Å². The highest BCUT2D eigenvalue weighted by atomic mass is 15.0. The summed E-state index contributed by atoms with van der Waals surface area (Å²) in [6.07, 6.45) is 3.83. The smallest absolute Gasteiger partial charge is 0.135 e. The first-order valence-electron chi connectivity index (χ1n) is 4.69. The second-order valence-electron chi connectivity index (χ2n) is 3.93. The van der Waals surface area contributed by atoms with E-state index in [1.807, 2.05) is 19.4 Å². The third kappa shape index (κ3) is 2.00. The SMILES string of the molecule is CC(C)=C(c1nccn1C)C(C)C. The van der Waals surface area contributed by atoms with Crippen molar-refractivity contribution in [3.63, 3.8) is 0 Å². The fourth-order valence-electron chi connectivity index (χ4n) is 1.68. The van der Waals surface area contributed by atoms with Crippen molar-refractivity contribution in [2.75, 3.05) is 0 Å². The van der Waals surface area contributed by atoms with Crippen LogP contribution in [0.15, 0.2) is 18.0 Å². The number of aryl methyl sites for hydroxylation is 1. The van der Waals surface area contributed by atoms with Crippen LogP contribution in [0.25, 0.3) is 5.57 Å². The van der Waals surface area contributed by atoms with Gasteiger partial charge in [0.25, 0.3) is 0 Å². The molecule has 2 nitrogen and oxygen atoms in total. The predicted molar refractivity (Wildman–Crippen MR) is 56.3 cm³/mol. The highest BCUT2D eigenvalue weighted by Crippen LogP contribution is 2.24. The van der Waals surface area contributed by atoms with Crippen LogP contribution in [0.4, 0.5) is 0 Å². The van der Waals surface area contributed by atoms with Crippen LogP contribution in [-0.4, -0.2) is 9.55 Å². The standard InChI is InChI=1S/C11H18N2/c1-8(2)10(9(3)4)11-12-6-7-13(11)5/h6-8H,1-5H3. The van der Waals surface area contributed by atoms with Gasteiger partial charge in [-0.2, -0.15) is 0 Å². The molecule has 72 valence electrons. The third-order valence-electron chi connectivity index (χ3n) is 2.18. The molecule has 0 saturated carbocycles. The van der Waals surface area contributed by atoms with E-state index in [0.717, 1.165) is 5.82 Å². The molecule has 0 aliphatic rings. The van der Waals surface area contributed by atoms with Crippen LogP contribution in [0.3, 0.4) is 0 Å². The molecule has 13 heavy (non-hydrogen) atoms. The summed E-state index contributed by atoms with van der Waals surface area (Å²) >= 11 is 0. The van der Waals surface area contributed by atoms with Crippen molar-refractivity contribution in [3.05, 3.63) is 23.8 Å². The third-order valence-corrected chi connectivity index (χ3v) is 2.18. The van der Waals surface area contributed by atoms with Gasteiger partial charge < -0.3 is 4.57 Å². The zero-order chi connectivity index (χ0) is 10.0. The lowest BCUT2D eigenvalue weighted by molar-refractivity contribution is 0.797. The quantitative estimate of drug-likeness (QED) is 0.681. The van der Waals surface area contributed by atoms with E-state index in [1.54, 1.807) is 0 Å². The van der Waals surface area contributed by atoms with E-state index in [1.165, 1.54) is 11.1 Å². The molecule has 0 N–H and O–H groups in total. The Kier molecular flexibility index (Phi) is 2.91. The van der Waals surface area contributed by atoms with Gasteiger partial charge in [0, 0.05) is 19.4 Å². The molecule has 0 aliphatic heterocycles. The molecule has 1 heterocycles. The van der Waals surface area contributed by atoms with E-state index >= 15 is 0 Å². The van der Waals surface area contributed by atoms with Gasteiger partial charge in [-0.05, 0) is 25.3 Å². The molecular formula is C11H18N2. The number of aromatic nitrogens is 2. The molecule has 1 rings (SSSR count). The van der Waals surface area contributed by atoms with Gasteiger partial charge >= 0.3 is 0 Å². The van der Waals surface area contributed by atoms with E-state index in [0.29, 0.717) is 5.92 Å². The van der Waals surface area contributed by atoms with Crippen molar-refractivity contribution in [3.8, 4) is 0 Å². The Hall–Kier alpha value is -1.05. The summed E-state index contributed by atoms with van der Waals surface area (Å²) in [7, 11) is 2.04. The largest absolute Gasteiger partial charge is 0.334 e. The minimum Gasteiger partial charge on any atom is -0.334 e. The Morgan fingerprint density at radius 1 is 1.38 bits per heavy atom. The van der Waals surface area contributed by atoms with Crippen molar-refractivity contribution in [2.45, 2.75) is 27.7 Å². The summed E-state index contributed by atoms with van der Waals surface area (Å²) in [5, 5.41) is 0. The molecule has 0 fully saturated rings. The Morgan fingerprint density at radius 3 is 2.31 bits per heavy atom. The average molecular weight is 178 g/mol. The van der Waals surface area contributed by atoms with Gasteiger partial charge in [0.15, 0.2) is 0 Å². The lowest BCUT2D eigenvalue weighted by Gasteiger charge is -2.13. The second-order valence-corrected chi connectivity index (χ2v) is 3.93. The number of nitrogens with zero attached hydrogens (tertiary/aromatic N) is 2. The van der Waals surface area contributed by atoms with Gasteiger partial charge in [-0.1, -0.05) is 19.4 Å². The van der Waals surface area contributed by atoms with Crippen molar-refractivity contribution in [1.29, 1.82) is 0 Å². The number of hydrogen-bond donors (Lipinski definition) is 0. The van der Waals surface area contributed by atoms with Crippen molar-refractivity contribution in [1.82, 2.24) is 9.55 Å². The summed E-state index contributed by atoms with van der Waals surface area (Å²) in [6.45, 7) is 8.70. The molecule has 1 aromatic rings. The minimum absolute atomic E-state index is 0.533. The maximum absolute atomic E-state index is 4.36. The number of rotatable bonds is 2. The predicted octanol–water partition coefficient (Wildman–Crippen LogP) is 2.87. The number of imidazole rings is 1. The Bertz CT molecular complexity index is 315. The molecule has 0 aliphatic carbocycles. The minimum atomic E-state index is 0.533. The van der Waals surface area contributed by atoms with Gasteiger partial charge in [-0.25, -0.2) is 4.98 Å². The van der Waals surface area contributed by atoms with Crippen molar-refractivity contribution in [2.24, 2.45) is 13.0 Å². The summed E-state index contributed by atoms with van der Waals surface area (Å²) in [5.41, 5.74) is 2.71. The van der Waals surface area contributed by atoms with Gasteiger partial charge in [0.1, 0.15) is 5.82 Å². The molecule has 2 heteroatoms. The number of allylic oxidation sites excluding steroid dienone is 2. The first-order valence-corrected chi connectivity index (χ1v) is 4.69. The normalized spacial score (nSPS) is 10.6. The van der Waals surface area contributed by atoms with Crippen LogP contribution in [0.2, 0.25) is 0 Å². The molecule has 0 bridgehead atoms. The maximum Gasteiger partial charge on any atom is 0.135 e. The maximum atomic E-state index is 4.36. The summed E-state index contributed by atoms with van der Waals surface area (Å²) in [5.74, 6) is 1.63. The van der Waals surface area contributed by atoms with E-state index in [4.69, 9.17) is 0 Å². The van der Waals surface area contributed by atoms with Gasteiger partial charge in [0.05, 0.1) is 0 Å². The summed E-state index contributed by atoms with van der Waals surface area (Å²) in [4.78, 5) is 4.36. The molecule has 0 amide bonds. The van der Waals surface area contributed by atoms with Crippen LogP contribution in [-0.2, 0) is 7.05 Å². The molecule has 1 aromatic heterocycles. The van der Waals surface area contributed by atoms with Crippen molar-refractivity contribution >= 4 is 5.57 Å². The van der Waals surface area contributed by atoms with Gasteiger partial charge in [-0.15, -0.1) is 0 Å². The zero-order valence-corrected chi connectivity index (χ0v) is 9.13. The van der Waals surface area contributed by atoms with Crippen LogP contribution < -0.4 is 0 Å². The molecule has 0 aromatic carbocycles. The molecule has 0 unspecified atom stereocenters. The fraction of sp³-hybridized carbons (Fsp3) is 0.545.